The predicted molar refractivity (Wildman–Crippen MR) is 71.0 cm³/mol. The molecule has 1 amide bonds. The molecule has 2 aliphatic rings. The van der Waals surface area contributed by atoms with E-state index in [9.17, 15) is 4.79 Å². The van der Waals surface area contributed by atoms with Crippen LogP contribution in [0, 0.1) is 5.41 Å². The van der Waals surface area contributed by atoms with Crippen LogP contribution in [-0.2, 0) is 19.0 Å². The number of rotatable bonds is 5. The average Bonchev–Trinajstić information content (AvgIpc) is 2.45. The first kappa shape index (κ1) is 14.8. The second-order valence-corrected chi connectivity index (χ2v) is 5.50. The Morgan fingerprint density at radius 3 is 3.11 bits per heavy atom. The highest BCUT2D eigenvalue weighted by Crippen LogP contribution is 2.40. The van der Waals surface area contributed by atoms with Crippen molar-refractivity contribution in [2.24, 2.45) is 5.41 Å². The lowest BCUT2D eigenvalue weighted by Gasteiger charge is -2.50. The molecule has 0 aromatic rings. The van der Waals surface area contributed by atoms with E-state index in [0.717, 1.165) is 39.0 Å². The van der Waals surface area contributed by atoms with Crippen LogP contribution in [0.3, 0.4) is 0 Å². The van der Waals surface area contributed by atoms with Crippen LogP contribution in [0.25, 0.3) is 0 Å². The molecule has 2 fully saturated rings. The molecular formula is C14H25NO4. The second-order valence-electron chi connectivity index (χ2n) is 5.50. The van der Waals surface area contributed by atoms with Crippen molar-refractivity contribution in [1.29, 1.82) is 0 Å². The van der Waals surface area contributed by atoms with E-state index in [4.69, 9.17) is 14.2 Å². The Hall–Kier alpha value is -0.650. The van der Waals surface area contributed by atoms with Gasteiger partial charge in [-0.15, -0.1) is 0 Å². The van der Waals surface area contributed by atoms with Crippen LogP contribution in [0.4, 0.5) is 0 Å². The van der Waals surface area contributed by atoms with Crippen molar-refractivity contribution in [3.63, 3.8) is 0 Å². The maximum Gasteiger partial charge on any atom is 0.248 e. The second kappa shape index (κ2) is 6.68. The first-order chi connectivity index (χ1) is 9.22. The van der Waals surface area contributed by atoms with Crippen LogP contribution in [0.5, 0.6) is 0 Å². The summed E-state index contributed by atoms with van der Waals surface area (Å²) in [5, 5.41) is 0. The standard InChI is InChI=1S/C14H25NO4/c1-3-18-11-14-6-4-8-19-12(14)5-7-15(10-14)13(16)9-17-2/h12H,3-11H2,1-2H3. The quantitative estimate of drug-likeness (QED) is 0.750. The van der Waals surface area contributed by atoms with Crippen molar-refractivity contribution < 1.29 is 19.0 Å². The Labute approximate surface area is 115 Å². The first-order valence-electron chi connectivity index (χ1n) is 7.18. The molecule has 0 spiro atoms. The Morgan fingerprint density at radius 1 is 1.53 bits per heavy atom. The first-order valence-corrected chi connectivity index (χ1v) is 7.18. The number of carbonyl (C=O) groups excluding carboxylic acids is 1. The number of ether oxygens (including phenoxy) is 3. The van der Waals surface area contributed by atoms with Crippen LogP contribution < -0.4 is 0 Å². The topological polar surface area (TPSA) is 48.0 Å². The van der Waals surface area contributed by atoms with Crippen LogP contribution in [0.1, 0.15) is 26.2 Å². The van der Waals surface area contributed by atoms with Crippen molar-refractivity contribution in [2.75, 3.05) is 46.6 Å². The van der Waals surface area contributed by atoms with Gasteiger partial charge in [0, 0.05) is 38.8 Å². The van der Waals surface area contributed by atoms with Gasteiger partial charge in [-0.3, -0.25) is 4.79 Å². The summed E-state index contributed by atoms with van der Waals surface area (Å²) in [6.45, 7) is 5.90. The van der Waals surface area contributed by atoms with E-state index >= 15 is 0 Å². The molecule has 0 saturated carbocycles. The molecule has 5 nitrogen and oxygen atoms in total. The summed E-state index contributed by atoms with van der Waals surface area (Å²) in [6, 6.07) is 0. The van der Waals surface area contributed by atoms with Crippen molar-refractivity contribution >= 4 is 5.91 Å². The van der Waals surface area contributed by atoms with Crippen molar-refractivity contribution in [3.05, 3.63) is 0 Å². The van der Waals surface area contributed by atoms with Gasteiger partial charge in [0.05, 0.1) is 12.7 Å². The number of likely N-dealkylation sites (tertiary alicyclic amines) is 1. The number of carbonyl (C=O) groups is 1. The Balaban J connectivity index is 2.05. The highest BCUT2D eigenvalue weighted by molar-refractivity contribution is 5.77. The zero-order chi connectivity index (χ0) is 13.7. The minimum Gasteiger partial charge on any atom is -0.381 e. The molecule has 0 aromatic carbocycles. The van der Waals surface area contributed by atoms with Gasteiger partial charge in [-0.2, -0.15) is 0 Å². The summed E-state index contributed by atoms with van der Waals surface area (Å²) < 4.78 is 16.5. The lowest BCUT2D eigenvalue weighted by Crippen LogP contribution is -2.58. The molecule has 2 rings (SSSR count). The third kappa shape index (κ3) is 3.27. The maximum absolute atomic E-state index is 12.0. The van der Waals surface area contributed by atoms with E-state index in [0.29, 0.717) is 13.2 Å². The highest BCUT2D eigenvalue weighted by Gasteiger charge is 2.47. The van der Waals surface area contributed by atoms with Crippen LogP contribution >= 0.6 is 0 Å². The summed E-state index contributed by atoms with van der Waals surface area (Å²) in [5.41, 5.74) is -0.0179. The largest absolute Gasteiger partial charge is 0.381 e. The van der Waals surface area contributed by atoms with Gasteiger partial charge in [-0.25, -0.2) is 0 Å². The molecule has 2 saturated heterocycles. The van der Waals surface area contributed by atoms with Crippen LogP contribution in [0.2, 0.25) is 0 Å². The minimum atomic E-state index is -0.0179. The van der Waals surface area contributed by atoms with Gasteiger partial charge in [0.2, 0.25) is 5.91 Å². The zero-order valence-electron chi connectivity index (χ0n) is 12.0. The number of hydrogen-bond donors (Lipinski definition) is 0. The van der Waals surface area contributed by atoms with Gasteiger partial charge < -0.3 is 19.1 Å². The van der Waals surface area contributed by atoms with Crippen LogP contribution in [-0.4, -0.2) is 63.5 Å². The fourth-order valence-electron chi connectivity index (χ4n) is 3.23. The van der Waals surface area contributed by atoms with Crippen molar-refractivity contribution in [2.45, 2.75) is 32.3 Å². The van der Waals surface area contributed by atoms with E-state index in [1.54, 1.807) is 7.11 Å². The molecular weight excluding hydrogens is 246 g/mol. The number of nitrogens with zero attached hydrogens (tertiary/aromatic N) is 1. The van der Waals surface area contributed by atoms with E-state index < -0.39 is 0 Å². The monoisotopic (exact) mass is 271 g/mol. The summed E-state index contributed by atoms with van der Waals surface area (Å²) in [7, 11) is 1.56. The molecule has 0 radical (unpaired) electrons. The maximum atomic E-state index is 12.0. The van der Waals surface area contributed by atoms with E-state index in [-0.39, 0.29) is 24.0 Å². The Kier molecular flexibility index (Phi) is 5.19. The SMILES string of the molecule is CCOCC12CCCOC1CCN(C(=O)COC)C2. The smallest absolute Gasteiger partial charge is 0.248 e. The van der Waals surface area contributed by atoms with Gasteiger partial charge in [0.15, 0.2) is 0 Å². The predicted octanol–water partition coefficient (Wildman–Crippen LogP) is 1.07. The number of fused-ring (bicyclic) bond motifs is 1. The third-order valence-corrected chi connectivity index (χ3v) is 4.20. The minimum absolute atomic E-state index is 0.0179. The molecule has 0 aromatic heterocycles. The summed E-state index contributed by atoms with van der Waals surface area (Å²) in [6.07, 6.45) is 3.27. The average molecular weight is 271 g/mol. The summed E-state index contributed by atoms with van der Waals surface area (Å²) in [4.78, 5) is 13.9. The molecule has 5 heteroatoms. The summed E-state index contributed by atoms with van der Waals surface area (Å²) in [5.74, 6) is 0.0717. The fraction of sp³-hybridized carbons (Fsp3) is 0.929. The van der Waals surface area contributed by atoms with E-state index in [1.807, 2.05) is 11.8 Å². The van der Waals surface area contributed by atoms with Gasteiger partial charge in [-0.1, -0.05) is 0 Å². The zero-order valence-corrected chi connectivity index (χ0v) is 12.0. The van der Waals surface area contributed by atoms with Crippen molar-refractivity contribution in [1.82, 2.24) is 4.90 Å². The lowest BCUT2D eigenvalue weighted by atomic mass is 9.73. The number of hydrogen-bond acceptors (Lipinski definition) is 4. The molecule has 2 aliphatic heterocycles. The molecule has 2 atom stereocenters. The van der Waals surface area contributed by atoms with Crippen molar-refractivity contribution in [3.8, 4) is 0 Å². The van der Waals surface area contributed by atoms with Gasteiger partial charge in [0.25, 0.3) is 0 Å². The number of methoxy groups -OCH3 is 1. The highest BCUT2D eigenvalue weighted by atomic mass is 16.5. The molecule has 19 heavy (non-hydrogen) atoms. The lowest BCUT2D eigenvalue weighted by molar-refractivity contribution is -0.166. The molecule has 0 aliphatic carbocycles. The molecule has 110 valence electrons. The van der Waals surface area contributed by atoms with Gasteiger partial charge in [0.1, 0.15) is 6.61 Å². The Bertz CT molecular complexity index is 310. The van der Waals surface area contributed by atoms with Crippen LogP contribution in [0.15, 0.2) is 0 Å². The summed E-state index contributed by atoms with van der Waals surface area (Å²) >= 11 is 0. The van der Waals surface area contributed by atoms with E-state index in [1.165, 1.54) is 0 Å². The van der Waals surface area contributed by atoms with Gasteiger partial charge in [-0.05, 0) is 26.2 Å². The molecule has 2 heterocycles. The normalized spacial score (nSPS) is 31.1. The fourth-order valence-corrected chi connectivity index (χ4v) is 3.23. The van der Waals surface area contributed by atoms with Gasteiger partial charge >= 0.3 is 0 Å². The Morgan fingerprint density at radius 2 is 2.37 bits per heavy atom. The van der Waals surface area contributed by atoms with E-state index in [2.05, 4.69) is 0 Å². The number of piperidine rings is 1. The molecule has 0 bridgehead atoms. The third-order valence-electron chi connectivity index (χ3n) is 4.20. The molecule has 0 N–H and O–H groups in total. The number of amides is 1. The molecule has 2 unspecified atom stereocenters.